The minimum absolute atomic E-state index is 0.579. The van der Waals surface area contributed by atoms with E-state index in [1.54, 1.807) is 0 Å². The zero-order valence-electron chi connectivity index (χ0n) is 13.3. The predicted octanol–water partition coefficient (Wildman–Crippen LogP) is 4.31. The van der Waals surface area contributed by atoms with Gasteiger partial charge < -0.3 is 5.32 Å². The first kappa shape index (κ1) is 14.2. The van der Waals surface area contributed by atoms with Crippen molar-refractivity contribution in [1.29, 1.82) is 0 Å². The van der Waals surface area contributed by atoms with Gasteiger partial charge in [0.1, 0.15) is 5.82 Å². The maximum atomic E-state index is 4.95. The van der Waals surface area contributed by atoms with Crippen molar-refractivity contribution >= 4 is 5.82 Å². The van der Waals surface area contributed by atoms with Crippen LogP contribution in [0.1, 0.15) is 56.4 Å². The summed E-state index contributed by atoms with van der Waals surface area (Å²) in [6, 6.07) is 8.77. The van der Waals surface area contributed by atoms with E-state index in [1.807, 2.05) is 0 Å². The summed E-state index contributed by atoms with van der Waals surface area (Å²) in [6.07, 6.45) is 4.51. The van der Waals surface area contributed by atoms with E-state index in [0.717, 1.165) is 37.9 Å². The Morgan fingerprint density at radius 2 is 1.86 bits per heavy atom. The molecule has 0 saturated heterocycles. The molecule has 0 radical (unpaired) electrons. The Morgan fingerprint density at radius 1 is 1.14 bits per heavy atom. The average Bonchev–Trinajstić information content (AvgIpc) is 3.12. The van der Waals surface area contributed by atoms with Gasteiger partial charge in [-0.25, -0.2) is 4.68 Å². The second kappa shape index (κ2) is 5.92. The van der Waals surface area contributed by atoms with Crippen LogP contribution >= 0.6 is 0 Å². The molecule has 1 aromatic heterocycles. The minimum Gasteiger partial charge on any atom is -0.369 e. The third-order valence-corrected chi connectivity index (χ3v) is 4.64. The first-order valence-corrected chi connectivity index (χ1v) is 8.23. The largest absolute Gasteiger partial charge is 0.369 e. The van der Waals surface area contributed by atoms with E-state index in [1.165, 1.54) is 22.6 Å². The molecule has 2 aromatic rings. The number of nitrogens with zero attached hydrogens (tertiary/aromatic N) is 2. The van der Waals surface area contributed by atoms with Gasteiger partial charge in [0.05, 0.1) is 11.4 Å². The van der Waals surface area contributed by atoms with Gasteiger partial charge in [0, 0.05) is 18.0 Å². The molecular weight excluding hydrogens is 258 g/mol. The van der Waals surface area contributed by atoms with Gasteiger partial charge in [-0.05, 0) is 43.4 Å². The Hall–Kier alpha value is -1.77. The fourth-order valence-electron chi connectivity index (χ4n) is 3.26. The quantitative estimate of drug-likeness (QED) is 0.886. The third kappa shape index (κ3) is 2.45. The maximum Gasteiger partial charge on any atom is 0.133 e. The van der Waals surface area contributed by atoms with Crippen LogP contribution in [-0.2, 0) is 12.8 Å². The molecule has 0 bridgehead atoms. The van der Waals surface area contributed by atoms with E-state index in [0.29, 0.717) is 5.92 Å². The van der Waals surface area contributed by atoms with Crippen LogP contribution in [0.25, 0.3) is 5.69 Å². The number of hydrogen-bond donors (Lipinski definition) is 1. The SMILES string of the molecule is CCc1ccc(-n2nc(C(CC)CC)c3c2NCC3)cc1. The molecule has 2 heterocycles. The molecule has 3 nitrogen and oxygen atoms in total. The molecule has 3 rings (SSSR count). The Morgan fingerprint density at radius 3 is 2.48 bits per heavy atom. The molecule has 0 amide bonds. The summed E-state index contributed by atoms with van der Waals surface area (Å²) >= 11 is 0. The average molecular weight is 283 g/mol. The van der Waals surface area contributed by atoms with Crippen molar-refractivity contribution in [1.82, 2.24) is 9.78 Å². The van der Waals surface area contributed by atoms with Crippen molar-refractivity contribution in [2.45, 2.75) is 52.4 Å². The van der Waals surface area contributed by atoms with Crippen molar-refractivity contribution in [2.75, 3.05) is 11.9 Å². The van der Waals surface area contributed by atoms with Crippen molar-refractivity contribution < 1.29 is 0 Å². The number of hydrogen-bond acceptors (Lipinski definition) is 2. The van der Waals surface area contributed by atoms with Gasteiger partial charge in [0.15, 0.2) is 0 Å². The van der Waals surface area contributed by atoms with Gasteiger partial charge in [-0.15, -0.1) is 0 Å². The van der Waals surface area contributed by atoms with Gasteiger partial charge >= 0.3 is 0 Å². The van der Waals surface area contributed by atoms with Crippen molar-refractivity contribution in [3.05, 3.63) is 41.1 Å². The molecule has 1 aliphatic rings. The van der Waals surface area contributed by atoms with Crippen LogP contribution in [0.4, 0.5) is 5.82 Å². The molecule has 1 aliphatic heterocycles. The number of anilines is 1. The first-order valence-electron chi connectivity index (χ1n) is 8.23. The number of aromatic nitrogens is 2. The van der Waals surface area contributed by atoms with Crippen LogP contribution in [0.3, 0.4) is 0 Å². The molecule has 0 saturated carbocycles. The smallest absolute Gasteiger partial charge is 0.133 e. The second-order valence-corrected chi connectivity index (χ2v) is 5.83. The third-order valence-electron chi connectivity index (χ3n) is 4.64. The zero-order valence-corrected chi connectivity index (χ0v) is 13.3. The lowest BCUT2D eigenvalue weighted by atomic mass is 9.96. The monoisotopic (exact) mass is 283 g/mol. The Bertz CT molecular complexity index is 606. The topological polar surface area (TPSA) is 29.9 Å². The van der Waals surface area contributed by atoms with Gasteiger partial charge in [0.2, 0.25) is 0 Å². The summed E-state index contributed by atoms with van der Waals surface area (Å²) in [5.41, 5.74) is 5.27. The molecule has 1 aromatic carbocycles. The van der Waals surface area contributed by atoms with Crippen molar-refractivity contribution in [3.63, 3.8) is 0 Å². The number of aryl methyl sites for hydroxylation is 1. The lowest BCUT2D eigenvalue weighted by Crippen LogP contribution is -2.06. The molecule has 21 heavy (non-hydrogen) atoms. The molecule has 3 heteroatoms. The summed E-state index contributed by atoms with van der Waals surface area (Å²) < 4.78 is 2.11. The number of benzene rings is 1. The Balaban J connectivity index is 2.04. The van der Waals surface area contributed by atoms with Crippen LogP contribution in [-0.4, -0.2) is 16.3 Å². The fourth-order valence-corrected chi connectivity index (χ4v) is 3.26. The van der Waals surface area contributed by atoms with Crippen LogP contribution in [0, 0.1) is 0 Å². The number of nitrogens with one attached hydrogen (secondary N) is 1. The molecule has 0 spiro atoms. The number of rotatable bonds is 5. The van der Waals surface area contributed by atoms with Gasteiger partial charge in [-0.2, -0.15) is 5.10 Å². The maximum absolute atomic E-state index is 4.95. The molecule has 1 N–H and O–H groups in total. The lowest BCUT2D eigenvalue weighted by molar-refractivity contribution is 0.607. The van der Waals surface area contributed by atoms with E-state index >= 15 is 0 Å². The summed E-state index contributed by atoms with van der Waals surface area (Å²) in [6.45, 7) is 7.75. The van der Waals surface area contributed by atoms with Crippen LogP contribution in [0.2, 0.25) is 0 Å². The highest BCUT2D eigenvalue weighted by Gasteiger charge is 2.26. The van der Waals surface area contributed by atoms with E-state index in [2.05, 4.69) is 55.0 Å². The summed E-state index contributed by atoms with van der Waals surface area (Å²) in [5, 5.41) is 8.47. The van der Waals surface area contributed by atoms with Crippen molar-refractivity contribution in [3.8, 4) is 5.69 Å². The normalized spacial score (nSPS) is 13.5. The highest BCUT2D eigenvalue weighted by molar-refractivity contribution is 5.57. The Kier molecular flexibility index (Phi) is 4.00. The van der Waals surface area contributed by atoms with E-state index in [-0.39, 0.29) is 0 Å². The summed E-state index contributed by atoms with van der Waals surface area (Å²) in [7, 11) is 0. The molecular formula is C18H25N3. The van der Waals surface area contributed by atoms with Crippen LogP contribution in [0.15, 0.2) is 24.3 Å². The molecule has 112 valence electrons. The molecule has 0 atom stereocenters. The zero-order chi connectivity index (χ0) is 14.8. The predicted molar refractivity (Wildman–Crippen MR) is 88.5 cm³/mol. The fraction of sp³-hybridized carbons (Fsp3) is 0.500. The lowest BCUT2D eigenvalue weighted by Gasteiger charge is -2.10. The standard InChI is InChI=1S/C18H25N3/c1-4-13-7-9-15(10-8-13)21-18-16(11-12-19-18)17(20-21)14(5-2)6-3/h7-10,14,19H,4-6,11-12H2,1-3H3. The van der Waals surface area contributed by atoms with E-state index in [4.69, 9.17) is 5.10 Å². The summed E-state index contributed by atoms with van der Waals surface area (Å²) in [4.78, 5) is 0. The number of fused-ring (bicyclic) bond motifs is 1. The van der Waals surface area contributed by atoms with Crippen LogP contribution < -0.4 is 5.32 Å². The van der Waals surface area contributed by atoms with E-state index in [9.17, 15) is 0 Å². The molecule has 0 fully saturated rings. The van der Waals surface area contributed by atoms with Gasteiger partial charge in [-0.3, -0.25) is 0 Å². The highest BCUT2D eigenvalue weighted by atomic mass is 15.3. The minimum atomic E-state index is 0.579. The first-order chi connectivity index (χ1) is 10.3. The second-order valence-electron chi connectivity index (χ2n) is 5.83. The van der Waals surface area contributed by atoms with Gasteiger partial charge in [0.25, 0.3) is 0 Å². The van der Waals surface area contributed by atoms with E-state index < -0.39 is 0 Å². The Labute approximate surface area is 127 Å². The molecule has 0 unspecified atom stereocenters. The summed E-state index contributed by atoms with van der Waals surface area (Å²) in [5.74, 6) is 1.79. The van der Waals surface area contributed by atoms with Crippen molar-refractivity contribution in [2.24, 2.45) is 0 Å². The van der Waals surface area contributed by atoms with Gasteiger partial charge in [-0.1, -0.05) is 32.9 Å². The van der Waals surface area contributed by atoms with Crippen LogP contribution in [0.5, 0.6) is 0 Å². The molecule has 0 aliphatic carbocycles. The highest BCUT2D eigenvalue weighted by Crippen LogP contribution is 2.35.